The van der Waals surface area contributed by atoms with E-state index in [0.717, 1.165) is 32.1 Å². The van der Waals surface area contributed by atoms with Gasteiger partial charge in [-0.15, -0.1) is 0 Å². The van der Waals surface area contributed by atoms with Crippen molar-refractivity contribution in [3.8, 4) is 0 Å². The number of esters is 2. The van der Waals surface area contributed by atoms with Gasteiger partial charge in [0.1, 0.15) is 19.8 Å². The highest BCUT2D eigenvalue weighted by atomic mass is 31.2. The van der Waals surface area contributed by atoms with E-state index in [1.54, 1.807) is 0 Å². The van der Waals surface area contributed by atoms with Crippen LogP contribution in [0.5, 0.6) is 0 Å². The van der Waals surface area contributed by atoms with E-state index in [4.69, 9.17) is 18.5 Å². The molecular formula is C50H97NO8P+. The molecule has 0 fully saturated rings. The molecule has 0 aromatic carbocycles. The van der Waals surface area contributed by atoms with Crippen LogP contribution in [-0.2, 0) is 32.7 Å². The number of ether oxygens (including phenoxy) is 2. The molecule has 1 N–H and O–H groups in total. The smallest absolute Gasteiger partial charge is 0.462 e. The van der Waals surface area contributed by atoms with Gasteiger partial charge >= 0.3 is 19.8 Å². The molecule has 2 atom stereocenters. The molecule has 0 rings (SSSR count). The molecule has 0 aromatic heterocycles. The number of unbranched alkanes of at least 4 members (excludes halogenated alkanes) is 28. The highest BCUT2D eigenvalue weighted by Gasteiger charge is 2.27. The predicted molar refractivity (Wildman–Crippen MR) is 252 cm³/mol. The average Bonchev–Trinajstić information content (AvgIpc) is 3.20. The maximum atomic E-state index is 12.7. The molecule has 0 saturated carbocycles. The van der Waals surface area contributed by atoms with E-state index in [1.807, 2.05) is 21.1 Å². The van der Waals surface area contributed by atoms with Crippen LogP contribution in [0.2, 0.25) is 0 Å². The Bertz CT molecular complexity index is 1070. The first-order valence-electron chi connectivity index (χ1n) is 25.1. The maximum absolute atomic E-state index is 12.7. The molecule has 0 saturated heterocycles. The highest BCUT2D eigenvalue weighted by Crippen LogP contribution is 2.43. The molecular weight excluding hydrogens is 774 g/mol. The summed E-state index contributed by atoms with van der Waals surface area (Å²) in [6, 6.07) is 0. The van der Waals surface area contributed by atoms with Crippen molar-refractivity contribution in [1.82, 2.24) is 0 Å². The van der Waals surface area contributed by atoms with Crippen LogP contribution in [0.4, 0.5) is 0 Å². The Hall–Kier alpha value is -1.51. The third-order valence-electron chi connectivity index (χ3n) is 11.0. The van der Waals surface area contributed by atoms with Gasteiger partial charge in [-0.1, -0.05) is 179 Å². The Morgan fingerprint density at radius 1 is 0.500 bits per heavy atom. The summed E-state index contributed by atoms with van der Waals surface area (Å²) in [5.41, 5.74) is 0. The minimum absolute atomic E-state index is 0.0304. The first-order valence-corrected chi connectivity index (χ1v) is 26.6. The summed E-state index contributed by atoms with van der Waals surface area (Å²) in [5, 5.41) is 0. The number of nitrogens with zero attached hydrogens (tertiary/aromatic N) is 1. The quantitative estimate of drug-likeness (QED) is 0.0212. The van der Waals surface area contributed by atoms with Crippen LogP contribution in [0, 0.1) is 0 Å². The van der Waals surface area contributed by atoms with Crippen LogP contribution in [-0.4, -0.2) is 74.9 Å². The molecule has 0 aliphatic heterocycles. The Balaban J connectivity index is 4.26. The van der Waals surface area contributed by atoms with Crippen molar-refractivity contribution in [1.29, 1.82) is 0 Å². The van der Waals surface area contributed by atoms with Crippen molar-refractivity contribution in [3.63, 3.8) is 0 Å². The number of carbonyl (C=O) groups is 2. The molecule has 354 valence electrons. The lowest BCUT2D eigenvalue weighted by Gasteiger charge is -2.24. The van der Waals surface area contributed by atoms with Gasteiger partial charge in [0, 0.05) is 12.8 Å². The van der Waals surface area contributed by atoms with E-state index in [0.29, 0.717) is 23.9 Å². The van der Waals surface area contributed by atoms with Gasteiger partial charge in [0.2, 0.25) is 0 Å². The summed E-state index contributed by atoms with van der Waals surface area (Å²) in [6.07, 6.45) is 48.0. The van der Waals surface area contributed by atoms with Gasteiger partial charge in [-0.2, -0.15) is 0 Å². The molecule has 0 aliphatic rings. The van der Waals surface area contributed by atoms with Gasteiger partial charge in [-0.05, 0) is 64.2 Å². The minimum Gasteiger partial charge on any atom is -0.462 e. The zero-order valence-corrected chi connectivity index (χ0v) is 40.9. The normalized spacial score (nSPS) is 13.6. The lowest BCUT2D eigenvalue weighted by molar-refractivity contribution is -0.870. The lowest BCUT2D eigenvalue weighted by Crippen LogP contribution is -2.37. The first-order chi connectivity index (χ1) is 29.0. The van der Waals surface area contributed by atoms with E-state index in [9.17, 15) is 19.0 Å². The molecule has 0 spiro atoms. The molecule has 9 nitrogen and oxygen atoms in total. The van der Waals surface area contributed by atoms with E-state index < -0.39 is 26.5 Å². The van der Waals surface area contributed by atoms with Crippen molar-refractivity contribution >= 4 is 19.8 Å². The number of hydrogen-bond donors (Lipinski definition) is 1. The Kier molecular flexibility index (Phi) is 41.7. The summed E-state index contributed by atoms with van der Waals surface area (Å²) in [5.74, 6) is -0.816. The molecule has 0 bridgehead atoms. The summed E-state index contributed by atoms with van der Waals surface area (Å²) in [6.45, 7) is 4.43. The van der Waals surface area contributed by atoms with Crippen molar-refractivity contribution in [2.24, 2.45) is 0 Å². The van der Waals surface area contributed by atoms with E-state index >= 15 is 0 Å². The first kappa shape index (κ1) is 58.5. The van der Waals surface area contributed by atoms with Gasteiger partial charge in [-0.3, -0.25) is 18.6 Å². The second-order valence-corrected chi connectivity index (χ2v) is 19.6. The molecule has 0 amide bonds. The molecule has 10 heteroatoms. The van der Waals surface area contributed by atoms with Gasteiger partial charge in [0.15, 0.2) is 6.10 Å². The second-order valence-electron chi connectivity index (χ2n) is 18.2. The molecule has 1 unspecified atom stereocenters. The highest BCUT2D eigenvalue weighted by molar-refractivity contribution is 7.47. The van der Waals surface area contributed by atoms with Gasteiger partial charge < -0.3 is 18.9 Å². The summed E-state index contributed by atoms with van der Waals surface area (Å²) in [7, 11) is 1.47. The second kappa shape index (κ2) is 42.8. The van der Waals surface area contributed by atoms with E-state index in [-0.39, 0.29) is 32.0 Å². The van der Waals surface area contributed by atoms with Crippen LogP contribution >= 0.6 is 7.82 Å². The fraction of sp³-hybridized carbons (Fsp3) is 0.880. The lowest BCUT2D eigenvalue weighted by atomic mass is 10.0. The molecule has 0 aliphatic carbocycles. The van der Waals surface area contributed by atoms with Crippen molar-refractivity contribution in [2.75, 3.05) is 47.5 Å². The zero-order valence-electron chi connectivity index (χ0n) is 40.0. The van der Waals surface area contributed by atoms with Gasteiger partial charge in [-0.25, -0.2) is 4.57 Å². The molecule has 0 radical (unpaired) electrons. The number of carbonyl (C=O) groups excluding carboxylic acids is 2. The van der Waals surface area contributed by atoms with Crippen molar-refractivity contribution < 1.29 is 42.1 Å². The number of hydrogen-bond acceptors (Lipinski definition) is 7. The van der Waals surface area contributed by atoms with Crippen LogP contribution in [0.15, 0.2) is 24.3 Å². The summed E-state index contributed by atoms with van der Waals surface area (Å²) in [4.78, 5) is 35.5. The Morgan fingerprint density at radius 2 is 0.850 bits per heavy atom. The number of quaternary nitrogens is 1. The SMILES string of the molecule is CCCCCCCC/C=C/CCCCCCCCCCCCCC(=O)O[C@H](COC(=O)CCCC/C=C/CCCCCCCCCCC)COP(=O)(O)OCC[N+](C)(C)C. The Labute approximate surface area is 370 Å². The van der Waals surface area contributed by atoms with Crippen LogP contribution in [0.3, 0.4) is 0 Å². The molecule has 60 heavy (non-hydrogen) atoms. The third kappa shape index (κ3) is 46.0. The average molecular weight is 871 g/mol. The maximum Gasteiger partial charge on any atom is 0.472 e. The van der Waals surface area contributed by atoms with Crippen LogP contribution in [0.25, 0.3) is 0 Å². The van der Waals surface area contributed by atoms with E-state index in [2.05, 4.69) is 38.2 Å². The topological polar surface area (TPSA) is 108 Å². The van der Waals surface area contributed by atoms with Crippen molar-refractivity contribution in [2.45, 2.75) is 238 Å². The fourth-order valence-electron chi connectivity index (χ4n) is 7.00. The monoisotopic (exact) mass is 871 g/mol. The van der Waals surface area contributed by atoms with Crippen LogP contribution < -0.4 is 0 Å². The number of rotatable bonds is 46. The fourth-order valence-corrected chi connectivity index (χ4v) is 7.75. The van der Waals surface area contributed by atoms with E-state index in [1.165, 1.54) is 161 Å². The van der Waals surface area contributed by atoms with Gasteiger partial charge in [0.25, 0.3) is 0 Å². The zero-order chi connectivity index (χ0) is 44.3. The largest absolute Gasteiger partial charge is 0.472 e. The standard InChI is InChI=1S/C50H96NO8P/c1-6-8-10-12-14-16-18-20-22-23-24-25-26-27-29-31-33-35-37-39-41-43-50(53)59-48(47-58-60(54,55)57-45-44-51(3,4)5)46-56-49(52)42-40-38-36-34-32-30-28-21-19-17-15-13-11-9-7-2/h20,22,32,34,48H,6-19,21,23-31,33,35-47H2,1-5H3/p+1/b22-20+,34-32+/t48-/m1/s1. The molecule has 0 heterocycles. The molecule has 0 aromatic rings. The van der Waals surface area contributed by atoms with Crippen LogP contribution in [0.1, 0.15) is 232 Å². The predicted octanol–water partition coefficient (Wildman–Crippen LogP) is 14.7. The van der Waals surface area contributed by atoms with Crippen molar-refractivity contribution in [3.05, 3.63) is 24.3 Å². The number of phosphoric acid groups is 1. The number of allylic oxidation sites excluding steroid dienone is 4. The minimum atomic E-state index is -4.38. The summed E-state index contributed by atoms with van der Waals surface area (Å²) < 4.78 is 34.4. The van der Waals surface area contributed by atoms with Gasteiger partial charge in [0.05, 0.1) is 27.7 Å². The summed E-state index contributed by atoms with van der Waals surface area (Å²) >= 11 is 0. The Morgan fingerprint density at radius 3 is 1.27 bits per heavy atom. The number of phosphoric ester groups is 1. The third-order valence-corrected chi connectivity index (χ3v) is 11.9. The number of likely N-dealkylation sites (N-methyl/N-ethyl adjacent to an activating group) is 1.